The van der Waals surface area contributed by atoms with E-state index in [9.17, 15) is 4.79 Å². The SMILES string of the molecule is O=C(COc1ccc(C2SCCS2)cc1)Nc1cccnc1. The van der Waals surface area contributed by atoms with Crippen molar-refractivity contribution < 1.29 is 9.53 Å². The van der Waals surface area contributed by atoms with Crippen molar-refractivity contribution in [3.8, 4) is 5.75 Å². The molecule has 2 heterocycles. The molecule has 6 heteroatoms. The van der Waals surface area contributed by atoms with Gasteiger partial charge in [-0.3, -0.25) is 9.78 Å². The van der Waals surface area contributed by atoms with E-state index in [0.29, 0.717) is 16.0 Å². The van der Waals surface area contributed by atoms with Crippen molar-refractivity contribution >= 4 is 35.1 Å². The van der Waals surface area contributed by atoms with Gasteiger partial charge in [0, 0.05) is 17.7 Å². The number of hydrogen-bond acceptors (Lipinski definition) is 5. The van der Waals surface area contributed by atoms with E-state index in [1.807, 2.05) is 35.7 Å². The lowest BCUT2D eigenvalue weighted by Crippen LogP contribution is -2.20. The molecule has 1 aliphatic rings. The Balaban J connectivity index is 1.49. The zero-order valence-corrected chi connectivity index (χ0v) is 13.5. The Kier molecular flexibility index (Phi) is 5.24. The molecule has 3 rings (SSSR count). The number of hydrogen-bond donors (Lipinski definition) is 1. The molecule has 1 aliphatic heterocycles. The zero-order valence-electron chi connectivity index (χ0n) is 11.9. The maximum Gasteiger partial charge on any atom is 0.262 e. The third-order valence-electron chi connectivity index (χ3n) is 3.09. The second-order valence-corrected chi connectivity index (χ2v) is 7.45. The van der Waals surface area contributed by atoms with E-state index in [2.05, 4.69) is 22.4 Å². The summed E-state index contributed by atoms with van der Waals surface area (Å²) in [5.74, 6) is 2.93. The largest absolute Gasteiger partial charge is 0.484 e. The topological polar surface area (TPSA) is 51.2 Å². The van der Waals surface area contributed by atoms with Gasteiger partial charge < -0.3 is 10.1 Å². The fourth-order valence-corrected chi connectivity index (χ4v) is 4.91. The minimum atomic E-state index is -0.195. The number of pyridine rings is 1. The van der Waals surface area contributed by atoms with Gasteiger partial charge in [-0.2, -0.15) is 0 Å². The van der Waals surface area contributed by atoms with Crippen LogP contribution in [0.2, 0.25) is 0 Å². The molecule has 0 radical (unpaired) electrons. The summed E-state index contributed by atoms with van der Waals surface area (Å²) in [7, 11) is 0. The summed E-state index contributed by atoms with van der Waals surface area (Å²) in [4.78, 5) is 15.7. The monoisotopic (exact) mass is 332 g/mol. The Labute approximate surface area is 138 Å². The van der Waals surface area contributed by atoms with Gasteiger partial charge >= 0.3 is 0 Å². The van der Waals surface area contributed by atoms with E-state index in [1.165, 1.54) is 17.1 Å². The molecule has 0 aliphatic carbocycles. The van der Waals surface area contributed by atoms with Crippen LogP contribution in [0.3, 0.4) is 0 Å². The van der Waals surface area contributed by atoms with Crippen LogP contribution < -0.4 is 10.1 Å². The van der Waals surface area contributed by atoms with Crippen molar-refractivity contribution in [1.82, 2.24) is 4.98 Å². The molecule has 4 nitrogen and oxygen atoms in total. The Bertz CT molecular complexity index is 614. The summed E-state index contributed by atoms with van der Waals surface area (Å²) in [6.45, 7) is -0.0127. The lowest BCUT2D eigenvalue weighted by Gasteiger charge is -2.10. The lowest BCUT2D eigenvalue weighted by atomic mass is 10.2. The number of amides is 1. The van der Waals surface area contributed by atoms with Crippen molar-refractivity contribution in [3.05, 3.63) is 54.4 Å². The van der Waals surface area contributed by atoms with Gasteiger partial charge in [-0.05, 0) is 29.8 Å². The fourth-order valence-electron chi connectivity index (χ4n) is 2.05. The van der Waals surface area contributed by atoms with Gasteiger partial charge in [0.2, 0.25) is 0 Å². The zero-order chi connectivity index (χ0) is 15.2. The standard InChI is InChI=1S/C16H16N2O2S2/c19-15(18-13-2-1-7-17-10-13)11-20-14-5-3-12(4-6-14)16-21-8-9-22-16/h1-7,10,16H,8-9,11H2,(H,18,19). The number of carbonyl (C=O) groups excluding carboxylic acids is 1. The highest BCUT2D eigenvalue weighted by atomic mass is 32.2. The third kappa shape index (κ3) is 4.18. The normalized spacial score (nSPS) is 14.7. The third-order valence-corrected chi connectivity index (χ3v) is 6.19. The van der Waals surface area contributed by atoms with Crippen LogP contribution in [-0.4, -0.2) is 29.0 Å². The average Bonchev–Trinajstić information content (AvgIpc) is 3.09. The van der Waals surface area contributed by atoms with Crippen LogP contribution >= 0.6 is 23.5 Å². The van der Waals surface area contributed by atoms with Crippen LogP contribution in [-0.2, 0) is 4.79 Å². The number of benzene rings is 1. The minimum Gasteiger partial charge on any atom is -0.484 e. The van der Waals surface area contributed by atoms with Gasteiger partial charge in [0.25, 0.3) is 5.91 Å². The molecule has 22 heavy (non-hydrogen) atoms. The molecule has 2 aromatic rings. The first-order chi connectivity index (χ1) is 10.8. The van der Waals surface area contributed by atoms with Gasteiger partial charge in [-0.1, -0.05) is 12.1 Å². The molecule has 114 valence electrons. The van der Waals surface area contributed by atoms with Crippen LogP contribution in [0, 0.1) is 0 Å². The van der Waals surface area contributed by atoms with E-state index >= 15 is 0 Å². The van der Waals surface area contributed by atoms with E-state index < -0.39 is 0 Å². The van der Waals surface area contributed by atoms with Crippen LogP contribution in [0.1, 0.15) is 10.1 Å². The number of ether oxygens (including phenoxy) is 1. The molecule has 1 fully saturated rings. The minimum absolute atomic E-state index is 0.0127. The number of nitrogens with one attached hydrogen (secondary N) is 1. The van der Waals surface area contributed by atoms with E-state index in [0.717, 1.165) is 0 Å². The Morgan fingerprint density at radius 3 is 2.68 bits per heavy atom. The first-order valence-corrected chi connectivity index (χ1v) is 9.07. The smallest absolute Gasteiger partial charge is 0.262 e. The van der Waals surface area contributed by atoms with Crippen LogP contribution in [0.15, 0.2) is 48.8 Å². The van der Waals surface area contributed by atoms with Crippen molar-refractivity contribution in [2.24, 2.45) is 0 Å². The number of aromatic nitrogens is 1. The summed E-state index contributed by atoms with van der Waals surface area (Å²) < 4.78 is 6.04. The van der Waals surface area contributed by atoms with Crippen molar-refractivity contribution in [1.29, 1.82) is 0 Å². The summed E-state index contributed by atoms with van der Waals surface area (Å²) in [5.41, 5.74) is 1.97. The number of nitrogens with zero attached hydrogens (tertiary/aromatic N) is 1. The maximum absolute atomic E-state index is 11.8. The predicted octanol–water partition coefficient (Wildman–Crippen LogP) is 3.58. The highest BCUT2D eigenvalue weighted by Gasteiger charge is 2.17. The molecule has 1 aromatic heterocycles. The molecule has 0 saturated carbocycles. The van der Waals surface area contributed by atoms with Crippen LogP contribution in [0.5, 0.6) is 5.75 Å². The summed E-state index contributed by atoms with van der Waals surface area (Å²) >= 11 is 3.95. The maximum atomic E-state index is 11.8. The Hall–Kier alpha value is -1.66. The number of thioether (sulfide) groups is 2. The van der Waals surface area contributed by atoms with E-state index in [4.69, 9.17) is 4.74 Å². The number of carbonyl (C=O) groups is 1. The predicted molar refractivity (Wildman–Crippen MR) is 92.5 cm³/mol. The molecule has 0 bridgehead atoms. The van der Waals surface area contributed by atoms with Gasteiger partial charge in [0.15, 0.2) is 6.61 Å². The summed E-state index contributed by atoms with van der Waals surface area (Å²) in [6.07, 6.45) is 3.26. The summed E-state index contributed by atoms with van der Waals surface area (Å²) in [5, 5.41) is 2.74. The molecule has 1 saturated heterocycles. The quantitative estimate of drug-likeness (QED) is 0.907. The number of rotatable bonds is 5. The second kappa shape index (κ2) is 7.56. The van der Waals surface area contributed by atoms with Crippen molar-refractivity contribution in [3.63, 3.8) is 0 Å². The fraction of sp³-hybridized carbons (Fsp3) is 0.250. The molecule has 0 spiro atoms. The van der Waals surface area contributed by atoms with Crippen LogP contribution in [0.25, 0.3) is 0 Å². The Morgan fingerprint density at radius 1 is 1.23 bits per heavy atom. The molecular weight excluding hydrogens is 316 g/mol. The molecule has 0 unspecified atom stereocenters. The number of anilines is 1. The first-order valence-electron chi connectivity index (χ1n) is 6.97. The molecule has 0 atom stereocenters. The van der Waals surface area contributed by atoms with E-state index in [1.54, 1.807) is 24.5 Å². The lowest BCUT2D eigenvalue weighted by molar-refractivity contribution is -0.118. The highest BCUT2D eigenvalue weighted by molar-refractivity contribution is 8.19. The molecule has 1 amide bonds. The highest BCUT2D eigenvalue weighted by Crippen LogP contribution is 2.45. The second-order valence-electron chi connectivity index (χ2n) is 4.72. The van der Waals surface area contributed by atoms with Crippen molar-refractivity contribution in [2.75, 3.05) is 23.4 Å². The van der Waals surface area contributed by atoms with Gasteiger partial charge in [0.05, 0.1) is 16.5 Å². The van der Waals surface area contributed by atoms with Crippen molar-refractivity contribution in [2.45, 2.75) is 4.58 Å². The molecule has 1 N–H and O–H groups in total. The van der Waals surface area contributed by atoms with E-state index in [-0.39, 0.29) is 12.5 Å². The van der Waals surface area contributed by atoms with Gasteiger partial charge in [-0.25, -0.2) is 0 Å². The summed E-state index contributed by atoms with van der Waals surface area (Å²) in [6, 6.07) is 11.6. The Morgan fingerprint density at radius 2 is 2.00 bits per heavy atom. The molecule has 1 aromatic carbocycles. The molecular formula is C16H16N2O2S2. The van der Waals surface area contributed by atoms with Gasteiger partial charge in [-0.15, -0.1) is 23.5 Å². The first kappa shape index (κ1) is 15.2. The average molecular weight is 332 g/mol. The van der Waals surface area contributed by atoms with Crippen LogP contribution in [0.4, 0.5) is 5.69 Å². The van der Waals surface area contributed by atoms with Gasteiger partial charge in [0.1, 0.15) is 5.75 Å².